The molecule has 4 aromatic heterocycles. The van der Waals surface area contributed by atoms with E-state index in [1.807, 2.05) is 12.1 Å². The van der Waals surface area contributed by atoms with Crippen molar-refractivity contribution < 1.29 is 29.1 Å². The van der Waals surface area contributed by atoms with Gasteiger partial charge in [-0.05, 0) is 48.0 Å². The first-order valence-corrected chi connectivity index (χ1v) is 9.11. The zero-order valence-electron chi connectivity index (χ0n) is 16.4. The number of hydrogen-bond donors (Lipinski definition) is 0. The minimum atomic E-state index is -0.450. The van der Waals surface area contributed by atoms with Gasteiger partial charge in [-0.2, -0.15) is 0 Å². The van der Waals surface area contributed by atoms with Crippen LogP contribution in [-0.2, 0) is 29.1 Å². The molecule has 0 aromatic carbocycles. The molecule has 31 heavy (non-hydrogen) atoms. The van der Waals surface area contributed by atoms with Crippen LogP contribution in [0.25, 0.3) is 22.3 Å². The number of hydrogen-bond acceptors (Lipinski definition) is 6. The summed E-state index contributed by atoms with van der Waals surface area (Å²) in [7, 11) is 0. The molecule has 0 aliphatic heterocycles. The van der Waals surface area contributed by atoms with Crippen molar-refractivity contribution in [1.29, 1.82) is 0 Å². The molecule has 4 aromatic rings. The Bertz CT molecular complexity index is 1050. The van der Waals surface area contributed by atoms with Crippen LogP contribution in [0.3, 0.4) is 0 Å². The predicted molar refractivity (Wildman–Crippen MR) is 108 cm³/mol. The minimum absolute atomic E-state index is 0. The van der Waals surface area contributed by atoms with Crippen LogP contribution in [0.4, 0.5) is 11.6 Å². The van der Waals surface area contributed by atoms with Gasteiger partial charge < -0.3 is 20.0 Å². The molecule has 0 saturated heterocycles. The Kier molecular flexibility index (Phi) is 7.34. The molecule has 4 heterocycles. The van der Waals surface area contributed by atoms with Crippen molar-refractivity contribution in [3.8, 4) is 11.6 Å². The Hall–Kier alpha value is -3.72. The van der Waals surface area contributed by atoms with Crippen LogP contribution in [0, 0.1) is 0 Å². The topological polar surface area (TPSA) is 124 Å². The number of carbonyl (C=O) groups is 2. The van der Waals surface area contributed by atoms with E-state index in [4.69, 9.17) is 0 Å². The van der Waals surface area contributed by atoms with Gasteiger partial charge in [0.1, 0.15) is 11.8 Å². The molecular formula is C20H16N8O2Zn. The van der Waals surface area contributed by atoms with Gasteiger partial charge in [-0.25, -0.2) is 0 Å². The van der Waals surface area contributed by atoms with Crippen LogP contribution in [0.15, 0.2) is 73.3 Å². The molecule has 2 amide bonds. The number of nitrogens with zero attached hydrogens (tertiary/aromatic N) is 8. The normalized spacial score (nSPS) is 10.2. The van der Waals surface area contributed by atoms with Crippen LogP contribution in [0.2, 0.25) is 0 Å². The van der Waals surface area contributed by atoms with E-state index in [1.54, 1.807) is 48.8 Å². The van der Waals surface area contributed by atoms with Crippen LogP contribution >= 0.6 is 0 Å². The zero-order chi connectivity index (χ0) is 20.8. The average Bonchev–Trinajstić information content (AvgIpc) is 3.43. The van der Waals surface area contributed by atoms with Gasteiger partial charge >= 0.3 is 19.5 Å². The van der Waals surface area contributed by atoms with Crippen LogP contribution in [0.5, 0.6) is 0 Å². The van der Waals surface area contributed by atoms with E-state index in [1.165, 1.54) is 21.8 Å². The third-order valence-electron chi connectivity index (χ3n) is 4.01. The zero-order valence-corrected chi connectivity index (χ0v) is 19.4. The average molecular weight is 466 g/mol. The second-order valence-corrected chi connectivity index (χ2v) is 6.09. The van der Waals surface area contributed by atoms with Gasteiger partial charge in [0.05, 0.1) is 11.6 Å². The fourth-order valence-electron chi connectivity index (χ4n) is 2.65. The summed E-state index contributed by atoms with van der Waals surface area (Å²) in [6, 6.07) is 13.9. The number of aromatic nitrogens is 6. The van der Waals surface area contributed by atoms with Gasteiger partial charge in [0.2, 0.25) is 0 Å². The first-order chi connectivity index (χ1) is 14.7. The maximum Gasteiger partial charge on any atom is 2.00 e. The summed E-state index contributed by atoms with van der Waals surface area (Å²) in [6.45, 7) is 0. The minimum Gasteiger partial charge on any atom is -0.403 e. The van der Waals surface area contributed by atoms with E-state index < -0.39 is 11.8 Å². The fourth-order valence-corrected chi connectivity index (χ4v) is 2.65. The number of pyridine rings is 2. The molecule has 10 nitrogen and oxygen atoms in total. The molecular weight excluding hydrogens is 450 g/mol. The van der Waals surface area contributed by atoms with Crippen molar-refractivity contribution >= 4 is 23.5 Å². The van der Waals surface area contributed by atoms with Crippen molar-refractivity contribution in [3.05, 3.63) is 84.0 Å². The fraction of sp³-hybridized carbons (Fsp3) is 0.100. The van der Waals surface area contributed by atoms with Crippen molar-refractivity contribution in [2.45, 2.75) is 12.8 Å². The van der Waals surface area contributed by atoms with E-state index in [2.05, 4.69) is 30.8 Å². The summed E-state index contributed by atoms with van der Waals surface area (Å²) >= 11 is 0. The molecule has 0 spiro atoms. The molecule has 0 fully saturated rings. The smallest absolute Gasteiger partial charge is 0.403 e. The van der Waals surface area contributed by atoms with Gasteiger partial charge in [0.15, 0.2) is 0 Å². The summed E-state index contributed by atoms with van der Waals surface area (Å²) in [5.41, 5.74) is 0. The summed E-state index contributed by atoms with van der Waals surface area (Å²) in [5, 5.41) is 16.3. The second-order valence-electron chi connectivity index (χ2n) is 6.09. The molecule has 0 radical (unpaired) electrons. The molecule has 11 heteroatoms. The number of amides is 2. The Labute approximate surface area is 190 Å². The molecule has 0 N–H and O–H groups in total. The Balaban J connectivity index is 0.00000272. The maximum atomic E-state index is 12.2. The van der Waals surface area contributed by atoms with Crippen molar-refractivity contribution in [1.82, 2.24) is 29.5 Å². The molecule has 0 aliphatic rings. The summed E-state index contributed by atoms with van der Waals surface area (Å²) in [6.07, 6.45) is 6.15. The van der Waals surface area contributed by atoms with Gasteiger partial charge in [-0.1, -0.05) is 12.1 Å². The molecule has 150 valence electrons. The van der Waals surface area contributed by atoms with Crippen LogP contribution in [0.1, 0.15) is 12.8 Å². The molecule has 0 bridgehead atoms. The van der Waals surface area contributed by atoms with Crippen molar-refractivity contribution in [3.63, 3.8) is 0 Å². The van der Waals surface area contributed by atoms with E-state index in [0.29, 0.717) is 23.3 Å². The molecule has 0 unspecified atom stereocenters. The molecule has 0 aliphatic carbocycles. The predicted octanol–water partition coefficient (Wildman–Crippen LogP) is 3.39. The van der Waals surface area contributed by atoms with E-state index in [9.17, 15) is 9.59 Å². The Morgan fingerprint density at radius 2 is 1.13 bits per heavy atom. The van der Waals surface area contributed by atoms with Crippen molar-refractivity contribution in [2.24, 2.45) is 0 Å². The molecule has 0 saturated carbocycles. The SMILES string of the molecule is O=C(CCC(=O)[N-]c1ccnn1-c1ccccn1)[N-]c1ccnn1-c1ccccn1.[Zn+2]. The first kappa shape index (κ1) is 22.0. The second kappa shape index (κ2) is 10.4. The standard InChI is InChI=1S/C20H18N8O2.Zn/c29-19(25-17-9-13-23-27(17)15-5-1-3-11-21-15)7-8-20(30)26-18-10-14-24-28(18)16-6-2-4-12-22-16;/h1-6,9-14H,7-8H2,(H2,23,24,25,26,29,30);/q;+2/p-2. The van der Waals surface area contributed by atoms with Crippen LogP contribution < -0.4 is 0 Å². The largest absolute Gasteiger partial charge is 2.00 e. The first-order valence-electron chi connectivity index (χ1n) is 9.11. The molecule has 0 atom stereocenters. The van der Waals surface area contributed by atoms with E-state index in [0.717, 1.165) is 0 Å². The third kappa shape index (κ3) is 5.46. The summed E-state index contributed by atoms with van der Waals surface area (Å²) in [4.78, 5) is 32.8. The van der Waals surface area contributed by atoms with E-state index in [-0.39, 0.29) is 32.3 Å². The monoisotopic (exact) mass is 464 g/mol. The quantitative estimate of drug-likeness (QED) is 0.385. The van der Waals surface area contributed by atoms with Gasteiger partial charge in [-0.3, -0.25) is 29.8 Å². The van der Waals surface area contributed by atoms with Crippen molar-refractivity contribution in [2.75, 3.05) is 0 Å². The number of carbonyl (C=O) groups excluding carboxylic acids is 2. The van der Waals surface area contributed by atoms with E-state index >= 15 is 0 Å². The van der Waals surface area contributed by atoms with Gasteiger partial charge in [0, 0.05) is 37.6 Å². The van der Waals surface area contributed by atoms with Crippen LogP contribution in [-0.4, -0.2) is 41.3 Å². The van der Waals surface area contributed by atoms with Gasteiger partial charge in [0.25, 0.3) is 0 Å². The summed E-state index contributed by atoms with van der Waals surface area (Å²) in [5.74, 6) is 0.877. The molecule has 4 rings (SSSR count). The summed E-state index contributed by atoms with van der Waals surface area (Å²) < 4.78 is 2.91. The Morgan fingerprint density at radius 3 is 1.52 bits per heavy atom. The third-order valence-corrected chi connectivity index (χ3v) is 4.01. The Morgan fingerprint density at radius 1 is 0.677 bits per heavy atom. The number of rotatable bonds is 7. The maximum absolute atomic E-state index is 12.2. The van der Waals surface area contributed by atoms with Gasteiger partial charge in [-0.15, -0.1) is 0 Å².